The number of aromatic nitrogens is 2. The van der Waals surface area contributed by atoms with E-state index in [4.69, 9.17) is 21.1 Å². The molecular formula is C25H30ClN5O2. The number of halogens is 1. The molecule has 2 N–H and O–H groups in total. The Balaban J connectivity index is 1.54. The van der Waals surface area contributed by atoms with Crippen LogP contribution in [-0.2, 0) is 4.74 Å². The highest BCUT2D eigenvalue weighted by atomic mass is 35.5. The summed E-state index contributed by atoms with van der Waals surface area (Å²) in [5, 5.41) is 8.59. The number of hydrogen-bond donors (Lipinski definition) is 2. The molecule has 1 aromatic heterocycles. The van der Waals surface area contributed by atoms with Crippen LogP contribution in [0.3, 0.4) is 0 Å². The average Bonchev–Trinajstić information content (AvgIpc) is 3.31. The van der Waals surface area contributed by atoms with Crippen molar-refractivity contribution in [3.05, 3.63) is 53.3 Å². The smallest absolute Gasteiger partial charge is 0.145 e. The van der Waals surface area contributed by atoms with Gasteiger partial charge in [-0.25, -0.2) is 9.97 Å². The predicted octanol–water partition coefficient (Wildman–Crippen LogP) is 4.55. The third-order valence-corrected chi connectivity index (χ3v) is 6.71. The van der Waals surface area contributed by atoms with Crippen molar-refractivity contribution < 1.29 is 9.47 Å². The molecule has 0 aliphatic carbocycles. The van der Waals surface area contributed by atoms with Crippen molar-refractivity contribution in [2.75, 3.05) is 39.2 Å². The van der Waals surface area contributed by atoms with Crippen molar-refractivity contribution in [1.82, 2.24) is 20.2 Å². The number of fused-ring (bicyclic) bond motifs is 1. The Labute approximate surface area is 199 Å². The van der Waals surface area contributed by atoms with Gasteiger partial charge in [-0.3, -0.25) is 4.90 Å². The average molecular weight is 468 g/mol. The Bertz CT molecular complexity index is 1120. The maximum Gasteiger partial charge on any atom is 0.145 e. The van der Waals surface area contributed by atoms with Crippen LogP contribution in [0.25, 0.3) is 10.9 Å². The minimum Gasteiger partial charge on any atom is -0.489 e. The van der Waals surface area contributed by atoms with E-state index >= 15 is 0 Å². The van der Waals surface area contributed by atoms with E-state index in [-0.39, 0.29) is 6.10 Å². The maximum absolute atomic E-state index is 6.59. The van der Waals surface area contributed by atoms with Gasteiger partial charge in [0, 0.05) is 30.1 Å². The second kappa shape index (κ2) is 9.81. The van der Waals surface area contributed by atoms with Crippen LogP contribution in [0.15, 0.2) is 42.7 Å². The fraction of sp³-hybridized carbons (Fsp3) is 0.440. The second-order valence-electron chi connectivity index (χ2n) is 9.02. The van der Waals surface area contributed by atoms with Gasteiger partial charge in [-0.05, 0) is 62.3 Å². The minimum atomic E-state index is 0.118. The van der Waals surface area contributed by atoms with Crippen molar-refractivity contribution in [2.24, 2.45) is 0 Å². The van der Waals surface area contributed by atoms with Crippen molar-refractivity contribution in [1.29, 1.82) is 0 Å². The molecule has 2 atom stereocenters. The van der Waals surface area contributed by atoms with Crippen molar-refractivity contribution >= 4 is 34.0 Å². The molecule has 5 rings (SSSR count). The zero-order chi connectivity index (χ0) is 22.8. The molecule has 8 heteroatoms. The van der Waals surface area contributed by atoms with Gasteiger partial charge in [0.15, 0.2) is 0 Å². The van der Waals surface area contributed by atoms with Crippen LogP contribution in [0.5, 0.6) is 5.75 Å². The molecule has 2 aliphatic heterocycles. The fourth-order valence-corrected chi connectivity index (χ4v) is 4.83. The quantitative estimate of drug-likeness (QED) is 0.551. The molecule has 3 aromatic rings. The van der Waals surface area contributed by atoms with Gasteiger partial charge in [-0.1, -0.05) is 17.7 Å². The number of rotatable bonds is 6. The molecule has 2 unspecified atom stereocenters. The molecule has 7 nitrogen and oxygen atoms in total. The summed E-state index contributed by atoms with van der Waals surface area (Å²) in [5.74, 6) is 1.94. The van der Waals surface area contributed by atoms with Crippen molar-refractivity contribution in [2.45, 2.75) is 37.5 Å². The third-order valence-electron chi connectivity index (χ3n) is 6.48. The van der Waals surface area contributed by atoms with Gasteiger partial charge >= 0.3 is 0 Å². The van der Waals surface area contributed by atoms with Gasteiger partial charge in [-0.2, -0.15) is 0 Å². The predicted molar refractivity (Wildman–Crippen MR) is 132 cm³/mol. The molecule has 2 fully saturated rings. The van der Waals surface area contributed by atoms with Gasteiger partial charge in [0.2, 0.25) is 0 Å². The van der Waals surface area contributed by atoms with Gasteiger partial charge < -0.3 is 20.1 Å². The van der Waals surface area contributed by atoms with E-state index in [1.165, 1.54) is 5.56 Å². The van der Waals surface area contributed by atoms with Gasteiger partial charge in [-0.15, -0.1) is 0 Å². The normalized spacial score (nSPS) is 21.6. The molecule has 174 valence electrons. The first kappa shape index (κ1) is 22.3. The zero-order valence-electron chi connectivity index (χ0n) is 19.1. The molecule has 0 saturated carbocycles. The first-order valence-electron chi connectivity index (χ1n) is 11.5. The Hall–Kier alpha value is -2.45. The number of benzene rings is 2. The molecule has 0 bridgehead atoms. The zero-order valence-corrected chi connectivity index (χ0v) is 19.8. The van der Waals surface area contributed by atoms with E-state index in [0.717, 1.165) is 61.4 Å². The van der Waals surface area contributed by atoms with Crippen LogP contribution in [0.4, 0.5) is 11.5 Å². The lowest BCUT2D eigenvalue weighted by atomic mass is 9.95. The summed E-state index contributed by atoms with van der Waals surface area (Å²) in [5.41, 5.74) is 2.99. The van der Waals surface area contributed by atoms with Crippen molar-refractivity contribution in [3.63, 3.8) is 0 Å². The Morgan fingerprint density at radius 2 is 2.00 bits per heavy atom. The van der Waals surface area contributed by atoms with Crippen LogP contribution in [0, 0.1) is 0 Å². The van der Waals surface area contributed by atoms with E-state index < -0.39 is 0 Å². The van der Waals surface area contributed by atoms with Crippen molar-refractivity contribution in [3.8, 4) is 5.75 Å². The molecule has 0 radical (unpaired) electrons. The van der Waals surface area contributed by atoms with Gasteiger partial charge in [0.25, 0.3) is 0 Å². The SMILES string of the molecule is CN(C)C1CC(c2cc(OC3CCOCC3)c3c(Nc4cccc(Cl)c4)ncnc3c2)CN1. The van der Waals surface area contributed by atoms with Crippen LogP contribution in [0.2, 0.25) is 5.02 Å². The summed E-state index contributed by atoms with van der Waals surface area (Å²) in [6.07, 6.45) is 4.90. The lowest BCUT2D eigenvalue weighted by molar-refractivity contribution is 0.0261. The Morgan fingerprint density at radius 1 is 1.15 bits per heavy atom. The summed E-state index contributed by atoms with van der Waals surface area (Å²) in [6, 6.07) is 12.0. The summed E-state index contributed by atoms with van der Waals surface area (Å²) in [6.45, 7) is 2.39. The standard InChI is InChI=1S/C25H30ClN5O2/c1-31(2)23-12-17(14-27-23)16-10-21-24(22(11-16)33-20-6-8-32-9-7-20)25(29-15-28-21)30-19-5-3-4-18(26)13-19/h3-5,10-11,13,15,17,20,23,27H,6-9,12,14H2,1-2H3,(H,28,29,30). The summed E-state index contributed by atoms with van der Waals surface area (Å²) < 4.78 is 12.1. The van der Waals surface area contributed by atoms with Crippen LogP contribution >= 0.6 is 11.6 Å². The van der Waals surface area contributed by atoms with Gasteiger partial charge in [0.1, 0.15) is 24.0 Å². The number of nitrogens with zero attached hydrogens (tertiary/aromatic N) is 3. The minimum absolute atomic E-state index is 0.118. The van der Waals surface area contributed by atoms with Crippen LogP contribution in [0.1, 0.15) is 30.7 Å². The highest BCUT2D eigenvalue weighted by molar-refractivity contribution is 6.30. The highest BCUT2D eigenvalue weighted by Crippen LogP contribution is 2.38. The van der Waals surface area contributed by atoms with Gasteiger partial charge in [0.05, 0.1) is 30.3 Å². The molecule has 2 saturated heterocycles. The van der Waals surface area contributed by atoms with Crippen LogP contribution in [-0.4, -0.2) is 61.0 Å². The number of hydrogen-bond acceptors (Lipinski definition) is 7. The Kier molecular flexibility index (Phi) is 6.64. The van der Waals surface area contributed by atoms with E-state index in [1.54, 1.807) is 6.33 Å². The van der Waals surface area contributed by atoms with E-state index in [2.05, 4.69) is 51.7 Å². The molecule has 33 heavy (non-hydrogen) atoms. The first-order valence-corrected chi connectivity index (χ1v) is 11.9. The lowest BCUT2D eigenvalue weighted by Crippen LogP contribution is -2.35. The molecule has 0 amide bonds. The molecule has 2 aliphatic rings. The molecular weight excluding hydrogens is 438 g/mol. The molecule has 0 spiro atoms. The first-order chi connectivity index (χ1) is 16.1. The fourth-order valence-electron chi connectivity index (χ4n) is 4.64. The second-order valence-corrected chi connectivity index (χ2v) is 9.46. The molecule has 2 aromatic carbocycles. The van der Waals surface area contributed by atoms with E-state index in [9.17, 15) is 0 Å². The maximum atomic E-state index is 6.59. The largest absolute Gasteiger partial charge is 0.489 e. The monoisotopic (exact) mass is 467 g/mol. The number of nitrogens with one attached hydrogen (secondary N) is 2. The summed E-state index contributed by atoms with van der Waals surface area (Å²) in [4.78, 5) is 11.4. The highest BCUT2D eigenvalue weighted by Gasteiger charge is 2.28. The summed E-state index contributed by atoms with van der Waals surface area (Å²) in [7, 11) is 4.22. The topological polar surface area (TPSA) is 71.5 Å². The third kappa shape index (κ3) is 5.06. The van der Waals surface area contributed by atoms with E-state index in [0.29, 0.717) is 22.9 Å². The van der Waals surface area contributed by atoms with Crippen LogP contribution < -0.4 is 15.4 Å². The molecule has 3 heterocycles. The number of anilines is 2. The number of ether oxygens (including phenoxy) is 2. The lowest BCUT2D eigenvalue weighted by Gasteiger charge is -2.25. The Morgan fingerprint density at radius 3 is 2.76 bits per heavy atom. The van der Waals surface area contributed by atoms with E-state index in [1.807, 2.05) is 24.3 Å². The summed E-state index contributed by atoms with van der Waals surface area (Å²) >= 11 is 6.20.